The summed E-state index contributed by atoms with van der Waals surface area (Å²) in [5, 5.41) is 29.8. The fourth-order valence-electron chi connectivity index (χ4n) is 4.47. The largest absolute Gasteiger partial charge is 0.326 e. The lowest BCUT2D eigenvalue weighted by Gasteiger charge is -2.17. The molecule has 1 unspecified atom stereocenters. The molecular weight excluding hydrogens is 573 g/mol. The van der Waals surface area contributed by atoms with E-state index in [1.807, 2.05) is 40.7 Å². The average Bonchev–Trinajstić information content (AvgIpc) is 3.26. The first-order valence-corrected chi connectivity index (χ1v) is 14.7. The van der Waals surface area contributed by atoms with Crippen molar-refractivity contribution in [2.45, 2.75) is 79.6 Å². The predicted octanol–water partition coefficient (Wildman–Crippen LogP) is 9.19. The van der Waals surface area contributed by atoms with Gasteiger partial charge in [-0.3, -0.25) is 9.59 Å². The number of benzene rings is 2. The zero-order chi connectivity index (χ0) is 31.2. The van der Waals surface area contributed by atoms with Crippen LogP contribution in [0, 0.1) is 24.2 Å². The van der Waals surface area contributed by atoms with Crippen LogP contribution in [0.15, 0.2) is 40.6 Å². The number of nitriles is 1. The van der Waals surface area contributed by atoms with Gasteiger partial charge in [0.05, 0.1) is 21.4 Å². The van der Waals surface area contributed by atoms with E-state index in [0.717, 1.165) is 31.2 Å². The number of rotatable bonds is 10. The highest BCUT2D eigenvalue weighted by molar-refractivity contribution is 6.38. The molecule has 0 fully saturated rings. The van der Waals surface area contributed by atoms with Crippen LogP contribution in [-0.2, 0) is 15.0 Å². The van der Waals surface area contributed by atoms with E-state index >= 15 is 0 Å². The highest BCUT2D eigenvalue weighted by atomic mass is 35.5. The topological polar surface area (TPSA) is 125 Å². The van der Waals surface area contributed by atoms with Gasteiger partial charge in [-0.1, -0.05) is 76.7 Å². The van der Waals surface area contributed by atoms with Crippen LogP contribution in [0.3, 0.4) is 0 Å². The van der Waals surface area contributed by atoms with Gasteiger partial charge in [0.1, 0.15) is 23.0 Å². The SMILES string of the molecule is CCCCC(CC)C(=O)Nc1cc(Cl)c(-n2nc(C(C)(C)C)c(C#N)c2N=Nc2ccc(C)cc2NC(C)=O)c(Cl)c1. The number of hydrogen-bond acceptors (Lipinski definition) is 6. The van der Waals surface area contributed by atoms with Crippen LogP contribution < -0.4 is 10.6 Å². The molecule has 0 bridgehead atoms. The van der Waals surface area contributed by atoms with E-state index in [1.165, 1.54) is 11.6 Å². The molecule has 1 aromatic heterocycles. The standard InChI is InChI=1S/C31H37Cl2N7O2/c1-8-10-11-20(9-2)30(42)36-21-15-23(32)27(24(33)16-21)40-29(22(17-34)28(39-40)31(5,6)7)38-37-25-13-12-18(3)14-26(25)35-19(4)41/h12-16,20H,8-11H2,1-7H3,(H,35,41)(H,36,42). The number of carbonyl (C=O) groups is 2. The minimum atomic E-state index is -0.522. The van der Waals surface area contributed by atoms with E-state index in [9.17, 15) is 14.9 Å². The number of nitrogens with zero attached hydrogens (tertiary/aromatic N) is 5. The number of aryl methyl sites for hydroxylation is 1. The van der Waals surface area contributed by atoms with Crippen molar-refractivity contribution in [3.8, 4) is 11.8 Å². The Labute approximate surface area is 257 Å². The Morgan fingerprint density at radius 3 is 2.31 bits per heavy atom. The molecule has 2 aromatic carbocycles. The van der Waals surface area contributed by atoms with Gasteiger partial charge in [-0.05, 0) is 49.6 Å². The van der Waals surface area contributed by atoms with Crippen LogP contribution >= 0.6 is 23.2 Å². The summed E-state index contributed by atoms with van der Waals surface area (Å²) in [6, 6.07) is 10.8. The molecule has 1 heterocycles. The summed E-state index contributed by atoms with van der Waals surface area (Å²) in [7, 11) is 0. The number of aromatic nitrogens is 2. The third kappa shape index (κ3) is 7.75. The van der Waals surface area contributed by atoms with Gasteiger partial charge in [0.15, 0.2) is 5.82 Å². The van der Waals surface area contributed by atoms with E-state index in [-0.39, 0.29) is 39.2 Å². The van der Waals surface area contributed by atoms with Gasteiger partial charge in [0, 0.05) is 23.9 Å². The lowest BCUT2D eigenvalue weighted by Crippen LogP contribution is -2.22. The molecule has 9 nitrogen and oxygen atoms in total. The smallest absolute Gasteiger partial charge is 0.227 e. The van der Waals surface area contributed by atoms with Crippen molar-refractivity contribution < 1.29 is 9.59 Å². The molecule has 42 heavy (non-hydrogen) atoms. The van der Waals surface area contributed by atoms with Crippen LogP contribution in [0.25, 0.3) is 5.69 Å². The summed E-state index contributed by atoms with van der Waals surface area (Å²) in [4.78, 5) is 24.7. The fraction of sp³-hybridized carbons (Fsp3) is 0.419. The monoisotopic (exact) mass is 609 g/mol. The molecule has 0 spiro atoms. The van der Waals surface area contributed by atoms with Gasteiger partial charge in [0.2, 0.25) is 11.8 Å². The Kier molecular flexibility index (Phi) is 10.9. The molecule has 222 valence electrons. The number of hydrogen-bond donors (Lipinski definition) is 2. The summed E-state index contributed by atoms with van der Waals surface area (Å²) >= 11 is 13.5. The normalized spacial score (nSPS) is 12.3. The number of carbonyl (C=O) groups excluding carboxylic acids is 2. The van der Waals surface area contributed by atoms with Crippen molar-refractivity contribution >= 4 is 57.9 Å². The second-order valence-electron chi connectivity index (χ2n) is 11.2. The second kappa shape index (κ2) is 14.0. The van der Waals surface area contributed by atoms with E-state index in [0.29, 0.717) is 28.4 Å². The van der Waals surface area contributed by atoms with Crippen LogP contribution in [0.1, 0.15) is 84.0 Å². The highest BCUT2D eigenvalue weighted by Gasteiger charge is 2.29. The molecule has 3 rings (SSSR count). The quantitative estimate of drug-likeness (QED) is 0.222. The Bertz CT molecular complexity index is 1520. The molecule has 1 atom stereocenters. The maximum Gasteiger partial charge on any atom is 0.227 e. The molecule has 11 heteroatoms. The predicted molar refractivity (Wildman–Crippen MR) is 169 cm³/mol. The van der Waals surface area contributed by atoms with Gasteiger partial charge in [-0.15, -0.1) is 10.2 Å². The van der Waals surface area contributed by atoms with Crippen molar-refractivity contribution in [3.63, 3.8) is 0 Å². The summed E-state index contributed by atoms with van der Waals surface area (Å²) in [6.07, 6.45) is 3.51. The zero-order valence-electron chi connectivity index (χ0n) is 25.1. The lowest BCUT2D eigenvalue weighted by molar-refractivity contribution is -0.120. The third-order valence-corrected chi connectivity index (χ3v) is 7.24. The van der Waals surface area contributed by atoms with Crippen molar-refractivity contribution in [3.05, 3.63) is 57.2 Å². The zero-order valence-corrected chi connectivity index (χ0v) is 26.6. The molecule has 0 saturated carbocycles. The minimum Gasteiger partial charge on any atom is -0.326 e. The van der Waals surface area contributed by atoms with Crippen LogP contribution in [0.4, 0.5) is 22.9 Å². The van der Waals surface area contributed by atoms with E-state index < -0.39 is 5.41 Å². The number of nitrogens with one attached hydrogen (secondary N) is 2. The number of amides is 2. The summed E-state index contributed by atoms with van der Waals surface area (Å²) in [5.74, 6) is -0.328. The first kappa shape index (κ1) is 32.8. The molecule has 2 amide bonds. The number of halogens is 2. The minimum absolute atomic E-state index is 0.0886. The van der Waals surface area contributed by atoms with Gasteiger partial charge >= 0.3 is 0 Å². The molecule has 0 aliphatic rings. The van der Waals surface area contributed by atoms with Crippen molar-refractivity contribution in [2.75, 3.05) is 10.6 Å². The molecule has 2 N–H and O–H groups in total. The Morgan fingerprint density at radius 1 is 1.10 bits per heavy atom. The number of anilines is 2. The Morgan fingerprint density at radius 2 is 1.76 bits per heavy atom. The van der Waals surface area contributed by atoms with Gasteiger partial charge < -0.3 is 10.6 Å². The Hall–Kier alpha value is -3.74. The van der Waals surface area contributed by atoms with Gasteiger partial charge in [-0.25, -0.2) is 4.68 Å². The van der Waals surface area contributed by atoms with Crippen LogP contribution in [0.2, 0.25) is 10.0 Å². The Balaban J connectivity index is 2.14. The van der Waals surface area contributed by atoms with Crippen molar-refractivity contribution in [1.82, 2.24) is 9.78 Å². The number of unbranched alkanes of at least 4 members (excludes halogenated alkanes) is 1. The van der Waals surface area contributed by atoms with Crippen molar-refractivity contribution in [1.29, 1.82) is 5.26 Å². The molecular formula is C31H37Cl2N7O2. The van der Waals surface area contributed by atoms with Gasteiger partial charge in [-0.2, -0.15) is 10.4 Å². The van der Waals surface area contributed by atoms with Crippen molar-refractivity contribution in [2.24, 2.45) is 16.1 Å². The fourth-order valence-corrected chi connectivity index (χ4v) is 5.12. The summed E-state index contributed by atoms with van der Waals surface area (Å²) < 4.78 is 1.40. The number of azo groups is 1. The van der Waals surface area contributed by atoms with Crippen LogP contribution in [-0.4, -0.2) is 21.6 Å². The molecule has 0 aliphatic heterocycles. The molecule has 3 aromatic rings. The lowest BCUT2D eigenvalue weighted by atomic mass is 9.90. The maximum absolute atomic E-state index is 12.9. The maximum atomic E-state index is 12.9. The molecule has 0 aliphatic carbocycles. The second-order valence-corrected chi connectivity index (χ2v) is 12.1. The highest BCUT2D eigenvalue weighted by Crippen LogP contribution is 2.40. The average molecular weight is 611 g/mol. The van der Waals surface area contributed by atoms with E-state index in [1.54, 1.807) is 24.3 Å². The third-order valence-electron chi connectivity index (χ3n) is 6.66. The molecule has 0 saturated heterocycles. The first-order chi connectivity index (χ1) is 19.8. The van der Waals surface area contributed by atoms with Gasteiger partial charge in [0.25, 0.3) is 0 Å². The first-order valence-electron chi connectivity index (χ1n) is 13.9. The summed E-state index contributed by atoms with van der Waals surface area (Å²) in [6.45, 7) is 13.2. The molecule has 0 radical (unpaired) electrons. The summed E-state index contributed by atoms with van der Waals surface area (Å²) in [5.41, 5.74) is 2.73. The van der Waals surface area contributed by atoms with Crippen LogP contribution in [0.5, 0.6) is 0 Å². The van der Waals surface area contributed by atoms with E-state index in [2.05, 4.69) is 33.9 Å². The van der Waals surface area contributed by atoms with E-state index in [4.69, 9.17) is 28.3 Å².